The Labute approximate surface area is 167 Å². The van der Waals surface area contributed by atoms with E-state index in [2.05, 4.69) is 21.4 Å². The van der Waals surface area contributed by atoms with Gasteiger partial charge in [-0.1, -0.05) is 29.8 Å². The van der Waals surface area contributed by atoms with E-state index in [1.54, 1.807) is 24.3 Å². The molecule has 1 atom stereocenters. The van der Waals surface area contributed by atoms with Gasteiger partial charge in [-0.25, -0.2) is 17.5 Å². The fourth-order valence-electron chi connectivity index (χ4n) is 3.47. The van der Waals surface area contributed by atoms with Gasteiger partial charge in [-0.15, -0.1) is 0 Å². The maximum atomic E-state index is 13.1. The lowest BCUT2D eigenvalue weighted by atomic mass is 10.1. The zero-order valence-corrected chi connectivity index (χ0v) is 17.3. The summed E-state index contributed by atoms with van der Waals surface area (Å²) in [5.74, 6) is -0.214. The maximum absolute atomic E-state index is 13.1. The Morgan fingerprint density at radius 2 is 1.61 bits per heavy atom. The van der Waals surface area contributed by atoms with E-state index >= 15 is 0 Å². The maximum Gasteiger partial charge on any atom is 0.240 e. The lowest BCUT2D eigenvalue weighted by Gasteiger charge is -2.38. The van der Waals surface area contributed by atoms with Gasteiger partial charge in [-0.2, -0.15) is 0 Å². The third-order valence-corrected chi connectivity index (χ3v) is 6.84. The van der Waals surface area contributed by atoms with Crippen LogP contribution in [-0.4, -0.2) is 57.5 Å². The number of rotatable bonds is 7. The average Bonchev–Trinajstić information content (AvgIpc) is 2.69. The Morgan fingerprint density at radius 1 is 1.00 bits per heavy atom. The van der Waals surface area contributed by atoms with Crippen molar-refractivity contribution in [1.29, 1.82) is 0 Å². The van der Waals surface area contributed by atoms with Crippen LogP contribution in [0.3, 0.4) is 0 Å². The number of benzene rings is 2. The summed E-state index contributed by atoms with van der Waals surface area (Å²) in [6.45, 7) is 8.73. The molecule has 1 heterocycles. The largest absolute Gasteiger partial charge is 0.299 e. The van der Waals surface area contributed by atoms with Crippen molar-refractivity contribution in [2.75, 3.05) is 39.3 Å². The highest BCUT2D eigenvalue weighted by Gasteiger charge is 2.22. The fourth-order valence-corrected chi connectivity index (χ4v) is 4.49. The van der Waals surface area contributed by atoms with Crippen LogP contribution in [0.15, 0.2) is 53.4 Å². The normalized spacial score (nSPS) is 17.5. The Balaban J connectivity index is 1.44. The van der Waals surface area contributed by atoms with Crippen LogP contribution in [0.25, 0.3) is 0 Å². The summed E-state index contributed by atoms with van der Waals surface area (Å²) in [5, 5.41) is 0. The monoisotopic (exact) mass is 405 g/mol. The van der Waals surface area contributed by atoms with Gasteiger partial charge in [0.15, 0.2) is 0 Å². The third kappa shape index (κ3) is 5.38. The quantitative estimate of drug-likeness (QED) is 0.770. The number of aryl methyl sites for hydroxylation is 1. The molecule has 0 spiro atoms. The smallest absolute Gasteiger partial charge is 0.240 e. The zero-order chi connectivity index (χ0) is 20.1. The Kier molecular flexibility index (Phi) is 6.82. The molecule has 1 aliphatic heterocycles. The van der Waals surface area contributed by atoms with Crippen molar-refractivity contribution in [3.05, 3.63) is 65.5 Å². The first-order valence-corrected chi connectivity index (χ1v) is 11.1. The van der Waals surface area contributed by atoms with Gasteiger partial charge in [-0.3, -0.25) is 9.80 Å². The molecular formula is C21H28FN3O2S. The number of nitrogens with one attached hydrogen (secondary N) is 1. The van der Waals surface area contributed by atoms with Crippen LogP contribution in [0.2, 0.25) is 0 Å². The number of hydrogen-bond donors (Lipinski definition) is 1. The van der Waals surface area contributed by atoms with Crippen LogP contribution in [0.4, 0.5) is 4.39 Å². The minimum atomic E-state index is -3.46. The van der Waals surface area contributed by atoms with Crippen molar-refractivity contribution in [1.82, 2.24) is 14.5 Å². The van der Waals surface area contributed by atoms with Gasteiger partial charge in [-0.05, 0) is 43.7 Å². The molecule has 28 heavy (non-hydrogen) atoms. The number of nitrogens with zero attached hydrogens (tertiary/aromatic N) is 2. The van der Waals surface area contributed by atoms with Crippen molar-refractivity contribution in [3.8, 4) is 0 Å². The highest BCUT2D eigenvalue weighted by molar-refractivity contribution is 7.89. The van der Waals surface area contributed by atoms with Gasteiger partial charge in [0.2, 0.25) is 10.0 Å². The van der Waals surface area contributed by atoms with E-state index in [9.17, 15) is 12.8 Å². The first kappa shape index (κ1) is 20.9. The number of sulfonamides is 1. The molecule has 3 rings (SSSR count). The molecule has 152 valence electrons. The van der Waals surface area contributed by atoms with Crippen molar-refractivity contribution in [2.45, 2.75) is 24.8 Å². The standard InChI is InChI=1S/C21H28FN3O2S/c1-17-3-9-21(10-4-17)28(26,27)23-11-12-24-13-15-25(16-14-24)18(2)19-5-7-20(22)8-6-19/h3-10,18,23H,11-16H2,1-2H3. The Hall–Kier alpha value is -1.80. The molecule has 1 unspecified atom stereocenters. The van der Waals surface area contributed by atoms with E-state index in [-0.39, 0.29) is 11.9 Å². The van der Waals surface area contributed by atoms with Crippen LogP contribution in [0.5, 0.6) is 0 Å². The molecule has 0 aliphatic carbocycles. The molecule has 0 radical (unpaired) electrons. The molecule has 0 aromatic heterocycles. The summed E-state index contributed by atoms with van der Waals surface area (Å²) < 4.78 is 40.5. The van der Waals surface area contributed by atoms with Crippen molar-refractivity contribution in [3.63, 3.8) is 0 Å². The van der Waals surface area contributed by atoms with Crippen molar-refractivity contribution < 1.29 is 12.8 Å². The van der Waals surface area contributed by atoms with E-state index in [4.69, 9.17) is 0 Å². The molecule has 1 N–H and O–H groups in total. The minimum absolute atomic E-state index is 0.214. The van der Waals surface area contributed by atoms with Crippen LogP contribution < -0.4 is 4.72 Å². The second kappa shape index (κ2) is 9.13. The van der Waals surface area contributed by atoms with Gasteiger partial charge in [0, 0.05) is 45.3 Å². The molecule has 2 aromatic carbocycles. The van der Waals surface area contributed by atoms with Crippen LogP contribution in [0, 0.1) is 12.7 Å². The van der Waals surface area contributed by atoms with Gasteiger partial charge in [0.05, 0.1) is 4.90 Å². The van der Waals surface area contributed by atoms with E-state index in [1.165, 1.54) is 12.1 Å². The van der Waals surface area contributed by atoms with Gasteiger partial charge < -0.3 is 0 Å². The molecule has 1 fully saturated rings. The SMILES string of the molecule is Cc1ccc(S(=O)(=O)NCCN2CCN(C(C)c3ccc(F)cc3)CC2)cc1. The molecule has 2 aromatic rings. The molecule has 0 bridgehead atoms. The number of piperazine rings is 1. The van der Waals surface area contributed by atoms with Crippen LogP contribution in [-0.2, 0) is 10.0 Å². The average molecular weight is 406 g/mol. The molecule has 5 nitrogen and oxygen atoms in total. The highest BCUT2D eigenvalue weighted by Crippen LogP contribution is 2.21. The topological polar surface area (TPSA) is 52.7 Å². The number of hydrogen-bond acceptors (Lipinski definition) is 4. The van der Waals surface area contributed by atoms with Crippen molar-refractivity contribution in [2.24, 2.45) is 0 Å². The molecule has 1 aliphatic rings. The molecule has 7 heteroatoms. The second-order valence-corrected chi connectivity index (χ2v) is 9.08. The second-order valence-electron chi connectivity index (χ2n) is 7.32. The predicted octanol–water partition coefficient (Wildman–Crippen LogP) is 2.79. The van der Waals surface area contributed by atoms with Gasteiger partial charge in [0.25, 0.3) is 0 Å². The van der Waals surface area contributed by atoms with Gasteiger partial charge >= 0.3 is 0 Å². The summed E-state index contributed by atoms with van der Waals surface area (Å²) in [4.78, 5) is 4.95. The summed E-state index contributed by atoms with van der Waals surface area (Å²) in [6, 6.07) is 13.8. The van der Waals surface area contributed by atoms with E-state index in [0.29, 0.717) is 18.0 Å². The highest BCUT2D eigenvalue weighted by atomic mass is 32.2. The molecule has 0 saturated carbocycles. The zero-order valence-electron chi connectivity index (χ0n) is 16.4. The van der Waals surface area contributed by atoms with Crippen molar-refractivity contribution >= 4 is 10.0 Å². The summed E-state index contributed by atoms with van der Waals surface area (Å²) in [7, 11) is -3.46. The first-order chi connectivity index (χ1) is 13.3. The lowest BCUT2D eigenvalue weighted by Crippen LogP contribution is -2.48. The Bertz CT molecular complexity index is 862. The molecule has 0 amide bonds. The summed E-state index contributed by atoms with van der Waals surface area (Å²) >= 11 is 0. The summed E-state index contributed by atoms with van der Waals surface area (Å²) in [6.07, 6.45) is 0. The first-order valence-electron chi connectivity index (χ1n) is 9.63. The fraction of sp³-hybridized carbons (Fsp3) is 0.429. The van der Waals surface area contributed by atoms with Gasteiger partial charge in [0.1, 0.15) is 5.82 Å². The number of halogens is 1. The van der Waals surface area contributed by atoms with Crippen LogP contribution in [0.1, 0.15) is 24.1 Å². The van der Waals surface area contributed by atoms with E-state index in [0.717, 1.165) is 37.3 Å². The third-order valence-electron chi connectivity index (χ3n) is 5.36. The lowest BCUT2D eigenvalue weighted by molar-refractivity contribution is 0.104. The predicted molar refractivity (Wildman–Crippen MR) is 109 cm³/mol. The molecule has 1 saturated heterocycles. The molecular weight excluding hydrogens is 377 g/mol. The Morgan fingerprint density at radius 3 is 2.21 bits per heavy atom. The summed E-state index contributed by atoms with van der Waals surface area (Å²) in [5.41, 5.74) is 2.15. The minimum Gasteiger partial charge on any atom is -0.299 e. The van der Waals surface area contributed by atoms with E-state index in [1.807, 2.05) is 19.1 Å². The van der Waals surface area contributed by atoms with E-state index < -0.39 is 10.0 Å². The van der Waals surface area contributed by atoms with Crippen LogP contribution >= 0.6 is 0 Å².